The molecule has 4 unspecified atom stereocenters. The number of aliphatic carboxylic acids is 1. The zero-order chi connectivity index (χ0) is 13.0. The lowest BCUT2D eigenvalue weighted by atomic mass is 9.53. The smallest absolute Gasteiger partial charge is 0.306 e. The van der Waals surface area contributed by atoms with Gasteiger partial charge in [-0.1, -0.05) is 24.3 Å². The predicted molar refractivity (Wildman–Crippen MR) is 73.5 cm³/mol. The molecular weight excluding hydrogens is 236 g/mol. The van der Waals surface area contributed by atoms with Gasteiger partial charge in [0.05, 0.1) is 5.92 Å². The molecule has 4 aliphatic rings. The molecule has 6 atom stereocenters. The summed E-state index contributed by atoms with van der Waals surface area (Å²) in [5, 5.41) is 9.45. The van der Waals surface area contributed by atoms with Crippen LogP contribution in [0, 0.1) is 35.0 Å². The molecule has 1 N–H and O–H groups in total. The number of fused-ring (bicyclic) bond motifs is 3. The summed E-state index contributed by atoms with van der Waals surface area (Å²) in [6.45, 7) is 0. The fourth-order valence-electron chi connectivity index (χ4n) is 5.78. The summed E-state index contributed by atoms with van der Waals surface area (Å²) in [4.78, 5) is 11.5. The second-order valence-electron chi connectivity index (χ2n) is 7.21. The lowest BCUT2D eigenvalue weighted by molar-refractivity contribution is -0.143. The summed E-state index contributed by atoms with van der Waals surface area (Å²) in [5.74, 6) is 2.03. The molecule has 0 heterocycles. The van der Waals surface area contributed by atoms with Crippen molar-refractivity contribution in [3.63, 3.8) is 0 Å². The molecule has 0 radical (unpaired) electrons. The zero-order valence-corrected chi connectivity index (χ0v) is 11.3. The first kappa shape index (κ1) is 11.7. The van der Waals surface area contributed by atoms with Gasteiger partial charge >= 0.3 is 5.97 Å². The van der Waals surface area contributed by atoms with Crippen LogP contribution >= 0.6 is 0 Å². The predicted octanol–water partition coefficient (Wildman–Crippen LogP) is 3.65. The van der Waals surface area contributed by atoms with Crippen molar-refractivity contribution in [3.8, 4) is 0 Å². The standard InChI is InChI=1S/C17H22O2/c18-16(19)14-10-17-8-7-11-3-1-2-4-13(11)15(17)6-5-12(14)9-17/h1-4,11-15H,5-10H2,(H,18,19)/t11?,12?,13?,14?,15-,17-/m0/s1. The van der Waals surface area contributed by atoms with Crippen LogP contribution in [0.2, 0.25) is 0 Å². The van der Waals surface area contributed by atoms with Crippen LogP contribution in [0.5, 0.6) is 0 Å². The third-order valence-electron chi connectivity index (χ3n) is 6.55. The number of allylic oxidation sites excluding steroid dienone is 4. The van der Waals surface area contributed by atoms with Gasteiger partial charge in [-0.25, -0.2) is 0 Å². The van der Waals surface area contributed by atoms with E-state index in [4.69, 9.17) is 0 Å². The number of hydrogen-bond acceptors (Lipinski definition) is 1. The lowest BCUT2D eigenvalue weighted by Crippen LogP contribution is -2.43. The minimum atomic E-state index is -0.538. The van der Waals surface area contributed by atoms with Gasteiger partial charge in [-0.15, -0.1) is 0 Å². The fourth-order valence-corrected chi connectivity index (χ4v) is 5.78. The number of carbonyl (C=O) groups is 1. The van der Waals surface area contributed by atoms with E-state index in [1.54, 1.807) is 0 Å². The summed E-state index contributed by atoms with van der Waals surface area (Å²) >= 11 is 0. The van der Waals surface area contributed by atoms with Gasteiger partial charge in [-0.3, -0.25) is 4.79 Å². The van der Waals surface area contributed by atoms with Crippen molar-refractivity contribution in [1.82, 2.24) is 0 Å². The normalized spacial score (nSPS) is 50.6. The number of carboxylic acids is 1. The molecule has 0 aliphatic heterocycles. The Balaban J connectivity index is 1.66. The molecule has 4 rings (SSSR count). The van der Waals surface area contributed by atoms with Crippen LogP contribution in [0.3, 0.4) is 0 Å². The Hall–Kier alpha value is -1.05. The van der Waals surface area contributed by atoms with E-state index in [9.17, 15) is 9.90 Å². The Kier molecular flexibility index (Phi) is 2.46. The monoisotopic (exact) mass is 258 g/mol. The van der Waals surface area contributed by atoms with Gasteiger partial charge in [0.2, 0.25) is 0 Å². The van der Waals surface area contributed by atoms with Gasteiger partial charge < -0.3 is 5.11 Å². The van der Waals surface area contributed by atoms with Gasteiger partial charge in [0.1, 0.15) is 0 Å². The second-order valence-corrected chi connectivity index (χ2v) is 7.21. The molecule has 19 heavy (non-hydrogen) atoms. The Morgan fingerprint density at radius 2 is 1.95 bits per heavy atom. The van der Waals surface area contributed by atoms with Crippen LogP contribution in [-0.2, 0) is 4.79 Å². The van der Waals surface area contributed by atoms with Crippen molar-refractivity contribution in [3.05, 3.63) is 24.3 Å². The first-order valence-electron chi connectivity index (χ1n) is 7.77. The van der Waals surface area contributed by atoms with Crippen LogP contribution < -0.4 is 0 Å². The first-order chi connectivity index (χ1) is 9.20. The molecule has 3 fully saturated rings. The summed E-state index contributed by atoms with van der Waals surface area (Å²) in [6.07, 6.45) is 16.3. The van der Waals surface area contributed by atoms with Crippen LogP contribution in [0.15, 0.2) is 24.3 Å². The second kappa shape index (κ2) is 3.97. The molecule has 102 valence electrons. The molecule has 1 spiro atoms. The minimum Gasteiger partial charge on any atom is -0.481 e. The Morgan fingerprint density at radius 1 is 1.11 bits per heavy atom. The van der Waals surface area contributed by atoms with Crippen LogP contribution in [0.1, 0.15) is 38.5 Å². The van der Waals surface area contributed by atoms with Gasteiger partial charge in [-0.05, 0) is 67.6 Å². The molecule has 3 saturated carbocycles. The van der Waals surface area contributed by atoms with E-state index in [1.165, 1.54) is 25.7 Å². The Bertz CT molecular complexity index is 464. The van der Waals surface area contributed by atoms with E-state index in [1.807, 2.05) is 0 Å². The van der Waals surface area contributed by atoms with Gasteiger partial charge in [0.25, 0.3) is 0 Å². The van der Waals surface area contributed by atoms with Crippen LogP contribution in [0.4, 0.5) is 0 Å². The van der Waals surface area contributed by atoms with E-state index in [0.717, 1.165) is 24.7 Å². The topological polar surface area (TPSA) is 37.3 Å². The zero-order valence-electron chi connectivity index (χ0n) is 11.3. The Morgan fingerprint density at radius 3 is 2.79 bits per heavy atom. The molecule has 2 nitrogen and oxygen atoms in total. The number of rotatable bonds is 1. The molecule has 2 bridgehead atoms. The van der Waals surface area contributed by atoms with E-state index in [2.05, 4.69) is 24.3 Å². The van der Waals surface area contributed by atoms with Crippen molar-refractivity contribution in [2.45, 2.75) is 38.5 Å². The largest absolute Gasteiger partial charge is 0.481 e. The summed E-state index contributed by atoms with van der Waals surface area (Å²) in [5.41, 5.74) is 0.364. The van der Waals surface area contributed by atoms with E-state index < -0.39 is 5.97 Å². The summed E-state index contributed by atoms with van der Waals surface area (Å²) < 4.78 is 0. The SMILES string of the molecule is O=C(O)C1C[C@@]23CCC4C=CC=CC4[C@@H]2CCC1C3. The summed E-state index contributed by atoms with van der Waals surface area (Å²) in [7, 11) is 0. The quantitative estimate of drug-likeness (QED) is 0.779. The minimum absolute atomic E-state index is 0.0512. The third kappa shape index (κ3) is 1.58. The molecule has 2 heteroatoms. The molecule has 0 aromatic rings. The maximum atomic E-state index is 11.5. The molecule has 0 aromatic heterocycles. The van der Waals surface area contributed by atoms with E-state index in [0.29, 0.717) is 17.3 Å². The van der Waals surface area contributed by atoms with Crippen molar-refractivity contribution in [1.29, 1.82) is 0 Å². The van der Waals surface area contributed by atoms with Crippen molar-refractivity contribution >= 4 is 5.97 Å². The van der Waals surface area contributed by atoms with Gasteiger partial charge in [-0.2, -0.15) is 0 Å². The average Bonchev–Trinajstić information content (AvgIpc) is 2.71. The van der Waals surface area contributed by atoms with E-state index >= 15 is 0 Å². The van der Waals surface area contributed by atoms with Crippen molar-refractivity contribution < 1.29 is 9.90 Å². The highest BCUT2D eigenvalue weighted by Crippen LogP contribution is 2.65. The summed E-state index contributed by atoms with van der Waals surface area (Å²) in [6, 6.07) is 0. The van der Waals surface area contributed by atoms with E-state index in [-0.39, 0.29) is 5.92 Å². The highest BCUT2D eigenvalue weighted by molar-refractivity contribution is 5.71. The fraction of sp³-hybridized carbons (Fsp3) is 0.706. The average molecular weight is 258 g/mol. The lowest BCUT2D eigenvalue weighted by Gasteiger charge is -2.51. The highest BCUT2D eigenvalue weighted by atomic mass is 16.4. The maximum absolute atomic E-state index is 11.5. The molecule has 0 amide bonds. The van der Waals surface area contributed by atoms with Crippen LogP contribution in [0.25, 0.3) is 0 Å². The first-order valence-corrected chi connectivity index (χ1v) is 7.77. The highest BCUT2D eigenvalue weighted by Gasteiger charge is 2.58. The molecule has 0 aromatic carbocycles. The third-order valence-corrected chi connectivity index (χ3v) is 6.55. The van der Waals surface area contributed by atoms with Crippen molar-refractivity contribution in [2.24, 2.45) is 35.0 Å². The Labute approximate surface area is 114 Å². The van der Waals surface area contributed by atoms with Gasteiger partial charge in [0, 0.05) is 0 Å². The maximum Gasteiger partial charge on any atom is 0.306 e. The molecule has 4 aliphatic carbocycles. The van der Waals surface area contributed by atoms with Crippen molar-refractivity contribution in [2.75, 3.05) is 0 Å². The molecular formula is C17H22O2. The number of hydrogen-bond donors (Lipinski definition) is 1. The molecule has 0 saturated heterocycles. The van der Waals surface area contributed by atoms with Gasteiger partial charge in [0.15, 0.2) is 0 Å². The number of carboxylic acid groups (broad SMARTS) is 1. The van der Waals surface area contributed by atoms with Crippen LogP contribution in [-0.4, -0.2) is 11.1 Å².